The Bertz CT molecular complexity index is 878. The van der Waals surface area contributed by atoms with Crippen molar-refractivity contribution in [2.24, 2.45) is 5.92 Å². The Morgan fingerprint density at radius 2 is 2.00 bits per heavy atom. The van der Waals surface area contributed by atoms with E-state index in [1.54, 1.807) is 24.5 Å². The van der Waals surface area contributed by atoms with Crippen LogP contribution in [0.15, 0.2) is 61.1 Å². The number of pyridine rings is 2. The van der Waals surface area contributed by atoms with Gasteiger partial charge in [-0.3, -0.25) is 14.8 Å². The monoisotopic (exact) mass is 331 g/mol. The highest BCUT2D eigenvalue weighted by molar-refractivity contribution is 5.94. The maximum Gasteiger partial charge on any atom is 0.253 e. The van der Waals surface area contributed by atoms with Gasteiger partial charge in [-0.05, 0) is 55.0 Å². The van der Waals surface area contributed by atoms with Gasteiger partial charge in [-0.2, -0.15) is 0 Å². The molecular formula is C21H21N3O. The molecule has 1 atom stereocenters. The average molecular weight is 331 g/mol. The minimum atomic E-state index is 0.115. The van der Waals surface area contributed by atoms with Gasteiger partial charge in [0.2, 0.25) is 0 Å². The smallest absolute Gasteiger partial charge is 0.253 e. The van der Waals surface area contributed by atoms with Gasteiger partial charge in [0.05, 0.1) is 5.52 Å². The maximum absolute atomic E-state index is 12.7. The number of likely N-dealkylation sites (tertiary alicyclic amines) is 1. The molecule has 4 rings (SSSR count). The quantitative estimate of drug-likeness (QED) is 0.735. The Morgan fingerprint density at radius 1 is 1.16 bits per heavy atom. The second-order valence-corrected chi connectivity index (χ2v) is 6.74. The zero-order chi connectivity index (χ0) is 17.1. The molecule has 2 aromatic heterocycles. The lowest BCUT2D eigenvalue weighted by Gasteiger charge is -2.33. The molecule has 126 valence electrons. The third kappa shape index (κ3) is 3.53. The third-order valence-corrected chi connectivity index (χ3v) is 4.90. The highest BCUT2D eigenvalue weighted by atomic mass is 16.2. The molecule has 1 amide bonds. The predicted octanol–water partition coefficient (Wildman–Crippen LogP) is 3.72. The number of carbonyl (C=O) groups excluding carboxylic acids is 1. The molecule has 0 bridgehead atoms. The van der Waals surface area contributed by atoms with Crippen molar-refractivity contribution in [2.75, 3.05) is 13.1 Å². The van der Waals surface area contributed by atoms with Gasteiger partial charge in [0.15, 0.2) is 0 Å². The average Bonchev–Trinajstić information content (AvgIpc) is 2.68. The van der Waals surface area contributed by atoms with E-state index < -0.39 is 0 Å². The number of aromatic nitrogens is 2. The second-order valence-electron chi connectivity index (χ2n) is 6.74. The number of fused-ring (bicyclic) bond motifs is 1. The van der Waals surface area contributed by atoms with Crippen molar-refractivity contribution in [1.29, 1.82) is 0 Å². The summed E-state index contributed by atoms with van der Waals surface area (Å²) in [6.07, 6.45) is 8.52. The van der Waals surface area contributed by atoms with Crippen molar-refractivity contribution in [1.82, 2.24) is 14.9 Å². The van der Waals surface area contributed by atoms with E-state index in [4.69, 9.17) is 0 Å². The van der Waals surface area contributed by atoms with Crippen LogP contribution in [-0.4, -0.2) is 33.9 Å². The molecule has 1 aromatic carbocycles. The molecule has 1 fully saturated rings. The lowest BCUT2D eigenvalue weighted by Crippen LogP contribution is -2.40. The normalized spacial score (nSPS) is 17.6. The number of para-hydroxylation sites is 1. The van der Waals surface area contributed by atoms with Crippen LogP contribution in [0.2, 0.25) is 0 Å². The molecule has 0 N–H and O–H groups in total. The van der Waals surface area contributed by atoms with E-state index in [0.717, 1.165) is 43.4 Å². The fourth-order valence-corrected chi connectivity index (χ4v) is 3.65. The summed E-state index contributed by atoms with van der Waals surface area (Å²) in [5.41, 5.74) is 3.01. The number of amides is 1. The molecule has 3 heterocycles. The molecule has 0 saturated carbocycles. The second kappa shape index (κ2) is 7.01. The zero-order valence-electron chi connectivity index (χ0n) is 14.1. The standard InChI is InChI=1S/C21H21N3O/c25-21(18-7-9-22-10-8-18)24-11-3-4-16(15-24)12-17-13-19-5-1-2-6-20(19)23-14-17/h1-2,5-10,13-14,16H,3-4,11-12,15H2. The Kier molecular flexibility index (Phi) is 4.42. The fourth-order valence-electron chi connectivity index (χ4n) is 3.65. The molecule has 25 heavy (non-hydrogen) atoms. The predicted molar refractivity (Wildman–Crippen MR) is 98.3 cm³/mol. The van der Waals surface area contributed by atoms with Crippen molar-refractivity contribution >= 4 is 16.8 Å². The van der Waals surface area contributed by atoms with E-state index in [9.17, 15) is 4.79 Å². The van der Waals surface area contributed by atoms with Gasteiger partial charge < -0.3 is 4.90 Å². The number of hydrogen-bond acceptors (Lipinski definition) is 3. The van der Waals surface area contributed by atoms with E-state index in [-0.39, 0.29) is 5.91 Å². The molecule has 1 saturated heterocycles. The number of benzene rings is 1. The van der Waals surface area contributed by atoms with Crippen LogP contribution >= 0.6 is 0 Å². The van der Waals surface area contributed by atoms with Gasteiger partial charge in [-0.1, -0.05) is 18.2 Å². The minimum absolute atomic E-state index is 0.115. The Morgan fingerprint density at radius 3 is 2.88 bits per heavy atom. The van der Waals surface area contributed by atoms with Crippen LogP contribution in [0.4, 0.5) is 0 Å². The van der Waals surface area contributed by atoms with Gasteiger partial charge in [-0.25, -0.2) is 0 Å². The van der Waals surface area contributed by atoms with Gasteiger partial charge >= 0.3 is 0 Å². The first kappa shape index (κ1) is 15.8. The molecule has 1 unspecified atom stereocenters. The summed E-state index contributed by atoms with van der Waals surface area (Å²) in [5, 5.41) is 1.18. The van der Waals surface area contributed by atoms with Crippen LogP contribution in [0.5, 0.6) is 0 Å². The summed E-state index contributed by atoms with van der Waals surface area (Å²) in [4.78, 5) is 23.2. The van der Waals surface area contributed by atoms with E-state index >= 15 is 0 Å². The van der Waals surface area contributed by atoms with Gasteiger partial charge in [-0.15, -0.1) is 0 Å². The summed E-state index contributed by atoms with van der Waals surface area (Å²) >= 11 is 0. The fraction of sp³-hybridized carbons (Fsp3) is 0.286. The largest absolute Gasteiger partial charge is 0.338 e. The van der Waals surface area contributed by atoms with Crippen molar-refractivity contribution in [3.8, 4) is 0 Å². The summed E-state index contributed by atoms with van der Waals surface area (Å²) in [6.45, 7) is 1.65. The van der Waals surface area contributed by atoms with E-state index in [1.807, 2.05) is 29.3 Å². The number of carbonyl (C=O) groups is 1. The highest BCUT2D eigenvalue weighted by Gasteiger charge is 2.24. The summed E-state index contributed by atoms with van der Waals surface area (Å²) in [7, 11) is 0. The minimum Gasteiger partial charge on any atom is -0.338 e. The van der Waals surface area contributed by atoms with Crippen LogP contribution in [0.1, 0.15) is 28.8 Å². The van der Waals surface area contributed by atoms with Crippen molar-refractivity contribution < 1.29 is 4.79 Å². The molecule has 1 aliphatic heterocycles. The summed E-state index contributed by atoms with van der Waals surface area (Å²) in [6, 6.07) is 14.0. The molecule has 4 nitrogen and oxygen atoms in total. The lowest BCUT2D eigenvalue weighted by molar-refractivity contribution is 0.0673. The Hall–Kier alpha value is -2.75. The maximum atomic E-state index is 12.7. The zero-order valence-corrected chi connectivity index (χ0v) is 14.1. The molecule has 0 spiro atoms. The van der Waals surface area contributed by atoms with Crippen LogP contribution in [-0.2, 0) is 6.42 Å². The van der Waals surface area contributed by atoms with Crippen LogP contribution in [0, 0.1) is 5.92 Å². The molecule has 3 aromatic rings. The van der Waals surface area contributed by atoms with Gasteiger partial charge in [0.25, 0.3) is 5.91 Å². The van der Waals surface area contributed by atoms with Crippen molar-refractivity contribution in [3.05, 3.63) is 72.2 Å². The van der Waals surface area contributed by atoms with E-state index in [2.05, 4.69) is 22.1 Å². The molecule has 0 aliphatic carbocycles. The van der Waals surface area contributed by atoms with E-state index in [1.165, 1.54) is 10.9 Å². The molecule has 0 radical (unpaired) electrons. The Balaban J connectivity index is 1.46. The molecule has 1 aliphatic rings. The van der Waals surface area contributed by atoms with E-state index in [0.29, 0.717) is 5.92 Å². The third-order valence-electron chi connectivity index (χ3n) is 4.90. The highest BCUT2D eigenvalue weighted by Crippen LogP contribution is 2.23. The van der Waals surface area contributed by atoms with Crippen molar-refractivity contribution in [3.63, 3.8) is 0 Å². The van der Waals surface area contributed by atoms with Crippen LogP contribution in [0.3, 0.4) is 0 Å². The summed E-state index contributed by atoms with van der Waals surface area (Å²) in [5.74, 6) is 0.603. The molecule has 4 heteroatoms. The first-order chi connectivity index (χ1) is 12.3. The number of hydrogen-bond donors (Lipinski definition) is 0. The van der Waals surface area contributed by atoms with Crippen molar-refractivity contribution in [2.45, 2.75) is 19.3 Å². The number of rotatable bonds is 3. The first-order valence-electron chi connectivity index (χ1n) is 8.82. The number of nitrogens with zero attached hydrogens (tertiary/aromatic N) is 3. The SMILES string of the molecule is O=C(c1ccncc1)N1CCCC(Cc2cnc3ccccc3c2)C1. The Labute approximate surface area is 147 Å². The van der Waals surface area contributed by atoms with Crippen LogP contribution < -0.4 is 0 Å². The lowest BCUT2D eigenvalue weighted by atomic mass is 9.91. The van der Waals surface area contributed by atoms with Gasteiger partial charge in [0, 0.05) is 42.6 Å². The van der Waals surface area contributed by atoms with Gasteiger partial charge in [0.1, 0.15) is 0 Å². The summed E-state index contributed by atoms with van der Waals surface area (Å²) < 4.78 is 0. The number of piperidine rings is 1. The molecular weight excluding hydrogens is 310 g/mol. The first-order valence-corrected chi connectivity index (χ1v) is 8.82. The topological polar surface area (TPSA) is 46.1 Å². The van der Waals surface area contributed by atoms with Crippen LogP contribution in [0.25, 0.3) is 10.9 Å².